The summed E-state index contributed by atoms with van der Waals surface area (Å²) in [6.45, 7) is 2.72. The van der Waals surface area contributed by atoms with Gasteiger partial charge >= 0.3 is 6.03 Å². The van der Waals surface area contributed by atoms with Crippen molar-refractivity contribution >= 4 is 17.6 Å². The normalized spacial score (nSPS) is 23.0. The standard InChI is InChI=1S/C27H31N7O2/c1-18(28)16-33-25-23(26(35)32(2)27(33)36)24(30-21-8-4-3-5-9-21)34(31-25)17-19-11-13-20(14-12-19)22-10-6-7-15-29-22/h3-15,18,23-25,30-31H,16-17,28H2,1-2H3. The van der Waals surface area contributed by atoms with Gasteiger partial charge in [0.1, 0.15) is 18.2 Å². The summed E-state index contributed by atoms with van der Waals surface area (Å²) < 4.78 is 0. The van der Waals surface area contributed by atoms with Crippen LogP contribution in [0.1, 0.15) is 12.5 Å². The zero-order valence-corrected chi connectivity index (χ0v) is 20.4. The van der Waals surface area contributed by atoms with Crippen molar-refractivity contribution in [3.8, 4) is 11.3 Å². The van der Waals surface area contributed by atoms with Gasteiger partial charge < -0.3 is 16.0 Å². The number of anilines is 1. The van der Waals surface area contributed by atoms with Crippen LogP contribution in [0.5, 0.6) is 0 Å². The molecule has 0 saturated carbocycles. The Morgan fingerprint density at radius 3 is 2.42 bits per heavy atom. The molecule has 2 aliphatic rings. The second-order valence-corrected chi connectivity index (χ2v) is 9.40. The first-order valence-electron chi connectivity index (χ1n) is 12.1. The molecule has 0 radical (unpaired) electrons. The molecular weight excluding hydrogens is 454 g/mol. The number of hydrazine groups is 1. The maximum absolute atomic E-state index is 13.4. The Kier molecular flexibility index (Phi) is 6.69. The van der Waals surface area contributed by atoms with E-state index in [0.29, 0.717) is 13.1 Å². The average Bonchev–Trinajstić information content (AvgIpc) is 3.24. The van der Waals surface area contributed by atoms with Crippen molar-refractivity contribution < 1.29 is 9.59 Å². The molecule has 2 aliphatic heterocycles. The van der Waals surface area contributed by atoms with Gasteiger partial charge in [0.25, 0.3) is 0 Å². The molecule has 9 nitrogen and oxygen atoms in total. The summed E-state index contributed by atoms with van der Waals surface area (Å²) in [5.41, 5.74) is 13.4. The van der Waals surface area contributed by atoms with E-state index in [4.69, 9.17) is 5.73 Å². The Bertz CT molecular complexity index is 1200. The highest BCUT2D eigenvalue weighted by Crippen LogP contribution is 2.33. The molecule has 36 heavy (non-hydrogen) atoms. The first-order chi connectivity index (χ1) is 17.4. The van der Waals surface area contributed by atoms with E-state index in [2.05, 4.69) is 27.9 Å². The van der Waals surface area contributed by atoms with Gasteiger partial charge in [-0.05, 0) is 36.8 Å². The molecule has 4 N–H and O–H groups in total. The number of hydrogen-bond donors (Lipinski definition) is 3. The summed E-state index contributed by atoms with van der Waals surface area (Å²) in [6.07, 6.45) is 0.898. The topological polar surface area (TPSA) is 107 Å². The monoisotopic (exact) mass is 485 g/mol. The molecule has 2 fully saturated rings. The van der Waals surface area contributed by atoms with Crippen LogP contribution >= 0.6 is 0 Å². The van der Waals surface area contributed by atoms with Crippen LogP contribution < -0.4 is 16.5 Å². The Balaban J connectivity index is 1.44. The predicted molar refractivity (Wildman–Crippen MR) is 138 cm³/mol. The number of rotatable bonds is 7. The molecule has 0 bridgehead atoms. The summed E-state index contributed by atoms with van der Waals surface area (Å²) >= 11 is 0. The van der Waals surface area contributed by atoms with Gasteiger partial charge in [-0.3, -0.25) is 14.7 Å². The first kappa shape index (κ1) is 23.9. The third-order valence-electron chi connectivity index (χ3n) is 6.64. The molecule has 5 rings (SSSR count). The Morgan fingerprint density at radius 2 is 1.75 bits per heavy atom. The molecule has 4 unspecified atom stereocenters. The smallest absolute Gasteiger partial charge is 0.327 e. The molecule has 3 heterocycles. The maximum Gasteiger partial charge on any atom is 0.327 e. The number of nitrogens with two attached hydrogens (primary N) is 1. The lowest BCUT2D eigenvalue weighted by molar-refractivity contribution is -0.137. The fourth-order valence-electron chi connectivity index (χ4n) is 4.89. The molecule has 4 atom stereocenters. The van der Waals surface area contributed by atoms with Crippen LogP contribution in [0.2, 0.25) is 0 Å². The highest BCUT2D eigenvalue weighted by atomic mass is 16.2. The lowest BCUT2D eigenvalue weighted by Crippen LogP contribution is -2.64. The lowest BCUT2D eigenvalue weighted by atomic mass is 9.98. The van der Waals surface area contributed by atoms with Gasteiger partial charge in [0.05, 0.1) is 5.69 Å². The van der Waals surface area contributed by atoms with Gasteiger partial charge in [0, 0.05) is 43.6 Å². The molecule has 3 amide bonds. The van der Waals surface area contributed by atoms with Crippen molar-refractivity contribution in [3.63, 3.8) is 0 Å². The van der Waals surface area contributed by atoms with Crippen LogP contribution in [0.25, 0.3) is 11.3 Å². The summed E-state index contributed by atoms with van der Waals surface area (Å²) in [5.74, 6) is -0.737. The van der Waals surface area contributed by atoms with E-state index in [-0.39, 0.29) is 24.1 Å². The Hall–Kier alpha value is -3.79. The summed E-state index contributed by atoms with van der Waals surface area (Å²) in [6, 6.07) is 23.3. The van der Waals surface area contributed by atoms with Crippen LogP contribution in [-0.4, -0.2) is 63.7 Å². The van der Waals surface area contributed by atoms with Crippen molar-refractivity contribution in [2.45, 2.75) is 31.8 Å². The van der Waals surface area contributed by atoms with E-state index in [9.17, 15) is 9.59 Å². The molecular formula is C27H31N7O2. The highest BCUT2D eigenvalue weighted by molar-refractivity contribution is 5.99. The fraction of sp³-hybridized carbons (Fsp3) is 0.296. The van der Waals surface area contributed by atoms with Crippen molar-refractivity contribution in [2.75, 3.05) is 18.9 Å². The van der Waals surface area contributed by atoms with Crippen molar-refractivity contribution in [1.29, 1.82) is 0 Å². The third kappa shape index (κ3) is 4.68. The number of nitrogens with zero attached hydrogens (tertiary/aromatic N) is 4. The minimum absolute atomic E-state index is 0.222. The number of carbonyl (C=O) groups is 2. The number of benzene rings is 2. The van der Waals surface area contributed by atoms with Crippen LogP contribution in [0.3, 0.4) is 0 Å². The van der Waals surface area contributed by atoms with Crippen molar-refractivity contribution in [1.82, 2.24) is 25.2 Å². The van der Waals surface area contributed by atoms with E-state index in [1.165, 1.54) is 11.9 Å². The minimum Gasteiger partial charge on any atom is -0.368 e. The van der Waals surface area contributed by atoms with Crippen molar-refractivity contribution in [2.24, 2.45) is 11.7 Å². The highest BCUT2D eigenvalue weighted by Gasteiger charge is 2.55. The largest absolute Gasteiger partial charge is 0.368 e. The second-order valence-electron chi connectivity index (χ2n) is 9.40. The van der Waals surface area contributed by atoms with Gasteiger partial charge in [-0.2, -0.15) is 0 Å². The SMILES string of the molecule is CC(N)CN1C(=O)N(C)C(=O)C2C(Nc3ccccc3)N(Cc3ccc(-c4ccccn4)cc3)NC21. The first-order valence-corrected chi connectivity index (χ1v) is 12.1. The number of amides is 3. The number of urea groups is 1. The zero-order chi connectivity index (χ0) is 25.2. The number of carbonyl (C=O) groups excluding carboxylic acids is 2. The van der Waals surface area contributed by atoms with E-state index >= 15 is 0 Å². The molecule has 9 heteroatoms. The molecule has 0 aliphatic carbocycles. The number of imide groups is 1. The molecule has 1 aromatic heterocycles. The predicted octanol–water partition coefficient (Wildman–Crippen LogP) is 2.69. The fourth-order valence-corrected chi connectivity index (χ4v) is 4.89. The number of aromatic nitrogens is 1. The summed E-state index contributed by atoms with van der Waals surface area (Å²) in [5, 5.41) is 5.53. The number of nitrogens with one attached hydrogen (secondary N) is 2. The van der Waals surface area contributed by atoms with Gasteiger partial charge in [-0.1, -0.05) is 48.5 Å². The second kappa shape index (κ2) is 10.1. The summed E-state index contributed by atoms with van der Waals surface area (Å²) in [7, 11) is 1.54. The van der Waals surface area contributed by atoms with Gasteiger partial charge in [0.15, 0.2) is 0 Å². The van der Waals surface area contributed by atoms with E-state index < -0.39 is 12.1 Å². The number of hydrogen-bond acceptors (Lipinski definition) is 7. The van der Waals surface area contributed by atoms with E-state index in [1.54, 1.807) is 11.1 Å². The van der Waals surface area contributed by atoms with Gasteiger partial charge in [-0.15, -0.1) is 0 Å². The molecule has 2 saturated heterocycles. The number of fused-ring (bicyclic) bond motifs is 1. The minimum atomic E-state index is -0.514. The Morgan fingerprint density at radius 1 is 1.03 bits per heavy atom. The van der Waals surface area contributed by atoms with Crippen LogP contribution in [0.15, 0.2) is 79.0 Å². The Labute approximate surface area is 210 Å². The van der Waals surface area contributed by atoms with Crippen LogP contribution in [0, 0.1) is 5.92 Å². The van der Waals surface area contributed by atoms with Gasteiger partial charge in [-0.25, -0.2) is 15.2 Å². The quantitative estimate of drug-likeness (QED) is 0.472. The number of para-hydroxylation sites is 1. The van der Waals surface area contributed by atoms with E-state index in [0.717, 1.165) is 22.5 Å². The average molecular weight is 486 g/mol. The number of pyridine rings is 1. The maximum atomic E-state index is 13.4. The van der Waals surface area contributed by atoms with Gasteiger partial charge in [0.2, 0.25) is 5.91 Å². The van der Waals surface area contributed by atoms with Crippen LogP contribution in [-0.2, 0) is 11.3 Å². The summed E-state index contributed by atoms with van der Waals surface area (Å²) in [4.78, 5) is 33.7. The molecule has 0 spiro atoms. The van der Waals surface area contributed by atoms with Crippen molar-refractivity contribution in [3.05, 3.63) is 84.6 Å². The molecule has 2 aromatic carbocycles. The third-order valence-corrected chi connectivity index (χ3v) is 6.64. The van der Waals surface area contributed by atoms with Crippen LogP contribution in [0.4, 0.5) is 10.5 Å². The lowest BCUT2D eigenvalue weighted by Gasteiger charge is -2.41. The van der Waals surface area contributed by atoms with E-state index in [1.807, 2.05) is 72.6 Å². The molecule has 186 valence electrons. The zero-order valence-electron chi connectivity index (χ0n) is 20.4. The molecule has 3 aromatic rings.